The number of para-hydroxylation sites is 1. The van der Waals surface area contributed by atoms with Gasteiger partial charge in [-0.05, 0) is 37.8 Å². The summed E-state index contributed by atoms with van der Waals surface area (Å²) in [6.07, 6.45) is 8.75. The second-order valence-corrected chi connectivity index (χ2v) is 5.05. The van der Waals surface area contributed by atoms with Crippen molar-refractivity contribution < 1.29 is 10.1 Å². The smallest absolute Gasteiger partial charge is 0.128 e. The Kier molecular flexibility index (Phi) is 5.28. The van der Waals surface area contributed by atoms with Gasteiger partial charge in [0.2, 0.25) is 0 Å². The van der Waals surface area contributed by atoms with Gasteiger partial charge in [-0.3, -0.25) is 0 Å². The Morgan fingerprint density at radius 2 is 2.00 bits per heavy atom. The first-order chi connectivity index (χ1) is 8.90. The Morgan fingerprint density at radius 1 is 1.22 bits per heavy atom. The molecule has 1 fully saturated rings. The fourth-order valence-electron chi connectivity index (χ4n) is 2.63. The molecular weight excluding hydrogens is 222 g/mol. The van der Waals surface area contributed by atoms with E-state index < -0.39 is 0 Å². The minimum absolute atomic E-state index is 0.584. The van der Waals surface area contributed by atoms with Gasteiger partial charge in [0.05, 0.1) is 6.04 Å². The van der Waals surface area contributed by atoms with Crippen molar-refractivity contribution in [1.82, 2.24) is 0 Å². The van der Waals surface area contributed by atoms with E-state index in [2.05, 4.69) is 24.0 Å². The van der Waals surface area contributed by atoms with E-state index in [1.807, 2.05) is 12.1 Å². The van der Waals surface area contributed by atoms with E-state index in [9.17, 15) is 0 Å². The third-order valence-corrected chi connectivity index (χ3v) is 3.65. The SMILES string of the molecule is C=CCOc1ccccc1C[NH2+]C1CCCCC1. The van der Waals surface area contributed by atoms with Crippen LogP contribution < -0.4 is 10.1 Å². The molecule has 0 unspecified atom stereocenters. The predicted octanol–water partition coefficient (Wildman–Crippen LogP) is 2.65. The molecule has 0 spiro atoms. The van der Waals surface area contributed by atoms with Crippen molar-refractivity contribution in [2.75, 3.05) is 6.61 Å². The molecular formula is C16H24NO+. The quantitative estimate of drug-likeness (QED) is 0.767. The second kappa shape index (κ2) is 7.22. The van der Waals surface area contributed by atoms with Crippen LogP contribution in [-0.4, -0.2) is 12.6 Å². The average molecular weight is 246 g/mol. The van der Waals surface area contributed by atoms with Gasteiger partial charge in [0.15, 0.2) is 0 Å². The maximum absolute atomic E-state index is 5.69. The lowest BCUT2D eigenvalue weighted by Crippen LogP contribution is -2.88. The summed E-state index contributed by atoms with van der Waals surface area (Å²) < 4.78 is 5.69. The van der Waals surface area contributed by atoms with Gasteiger partial charge in [-0.1, -0.05) is 31.2 Å². The van der Waals surface area contributed by atoms with Crippen molar-refractivity contribution in [3.05, 3.63) is 42.5 Å². The van der Waals surface area contributed by atoms with Crippen LogP contribution in [0.4, 0.5) is 0 Å². The number of rotatable bonds is 6. The highest BCUT2D eigenvalue weighted by molar-refractivity contribution is 5.32. The minimum Gasteiger partial charge on any atom is -0.489 e. The molecule has 0 heterocycles. The van der Waals surface area contributed by atoms with Gasteiger partial charge in [0.25, 0.3) is 0 Å². The molecule has 0 amide bonds. The monoisotopic (exact) mass is 246 g/mol. The molecule has 0 aromatic heterocycles. The Hall–Kier alpha value is -1.28. The lowest BCUT2D eigenvalue weighted by Gasteiger charge is -2.20. The summed E-state index contributed by atoms with van der Waals surface area (Å²) in [5.74, 6) is 1.00. The predicted molar refractivity (Wildman–Crippen MR) is 74.6 cm³/mol. The van der Waals surface area contributed by atoms with E-state index in [0.29, 0.717) is 6.61 Å². The maximum atomic E-state index is 5.69. The van der Waals surface area contributed by atoms with Gasteiger partial charge in [-0.15, -0.1) is 0 Å². The summed E-state index contributed by atoms with van der Waals surface area (Å²) in [5, 5.41) is 2.48. The third-order valence-electron chi connectivity index (χ3n) is 3.65. The number of hydrogen-bond donors (Lipinski definition) is 1. The van der Waals surface area contributed by atoms with Gasteiger partial charge < -0.3 is 10.1 Å². The Labute approximate surface area is 110 Å². The average Bonchev–Trinajstić information content (AvgIpc) is 2.45. The molecule has 1 aliphatic rings. The zero-order valence-corrected chi connectivity index (χ0v) is 11.1. The van der Waals surface area contributed by atoms with Crippen LogP contribution >= 0.6 is 0 Å². The van der Waals surface area contributed by atoms with Crippen molar-refractivity contribution in [1.29, 1.82) is 0 Å². The van der Waals surface area contributed by atoms with Gasteiger partial charge in [-0.2, -0.15) is 0 Å². The number of hydrogen-bond acceptors (Lipinski definition) is 1. The molecule has 0 atom stereocenters. The molecule has 0 aliphatic heterocycles. The minimum atomic E-state index is 0.584. The lowest BCUT2D eigenvalue weighted by atomic mass is 9.95. The van der Waals surface area contributed by atoms with Crippen LogP contribution in [0.5, 0.6) is 5.75 Å². The number of benzene rings is 1. The number of quaternary nitrogens is 1. The molecule has 0 saturated heterocycles. The van der Waals surface area contributed by atoms with E-state index in [-0.39, 0.29) is 0 Å². The topological polar surface area (TPSA) is 25.8 Å². The summed E-state index contributed by atoms with van der Waals surface area (Å²) in [7, 11) is 0. The molecule has 98 valence electrons. The largest absolute Gasteiger partial charge is 0.489 e. The lowest BCUT2D eigenvalue weighted by molar-refractivity contribution is -0.706. The third kappa shape index (κ3) is 3.88. The second-order valence-electron chi connectivity index (χ2n) is 5.05. The van der Waals surface area contributed by atoms with Gasteiger partial charge in [0.1, 0.15) is 18.9 Å². The Morgan fingerprint density at radius 3 is 2.78 bits per heavy atom. The van der Waals surface area contributed by atoms with Crippen molar-refractivity contribution in [3.8, 4) is 5.75 Å². The van der Waals surface area contributed by atoms with Crippen molar-refractivity contribution in [2.45, 2.75) is 44.7 Å². The van der Waals surface area contributed by atoms with Crippen LogP contribution in [0.15, 0.2) is 36.9 Å². The fraction of sp³-hybridized carbons (Fsp3) is 0.500. The van der Waals surface area contributed by atoms with E-state index in [1.54, 1.807) is 6.08 Å². The van der Waals surface area contributed by atoms with Gasteiger partial charge >= 0.3 is 0 Å². The summed E-state index contributed by atoms with van der Waals surface area (Å²) in [6, 6.07) is 9.14. The normalized spacial score (nSPS) is 16.4. The van der Waals surface area contributed by atoms with Crippen LogP contribution in [0.1, 0.15) is 37.7 Å². The van der Waals surface area contributed by atoms with Crippen molar-refractivity contribution >= 4 is 0 Å². The van der Waals surface area contributed by atoms with Gasteiger partial charge in [-0.25, -0.2) is 0 Å². The Bertz CT molecular complexity index is 369. The standard InChI is InChI=1S/C16H23NO/c1-2-12-18-16-11-7-6-8-14(16)13-17-15-9-4-3-5-10-15/h2,6-8,11,15,17H,1,3-5,9-10,12-13H2/p+1. The number of ether oxygens (including phenoxy) is 1. The van der Waals surface area contributed by atoms with Crippen molar-refractivity contribution in [3.63, 3.8) is 0 Å². The van der Waals surface area contributed by atoms with E-state index in [4.69, 9.17) is 4.74 Å². The molecule has 2 heteroatoms. The highest BCUT2D eigenvalue weighted by Gasteiger charge is 2.16. The van der Waals surface area contributed by atoms with Crippen LogP contribution in [0, 0.1) is 0 Å². The molecule has 2 N–H and O–H groups in total. The first-order valence-electron chi connectivity index (χ1n) is 7.05. The molecule has 2 nitrogen and oxygen atoms in total. The molecule has 0 radical (unpaired) electrons. The molecule has 0 bridgehead atoms. The molecule has 1 aromatic carbocycles. The van der Waals surface area contributed by atoms with E-state index in [0.717, 1.165) is 18.3 Å². The highest BCUT2D eigenvalue weighted by Crippen LogP contribution is 2.18. The van der Waals surface area contributed by atoms with Crippen molar-refractivity contribution in [2.24, 2.45) is 0 Å². The maximum Gasteiger partial charge on any atom is 0.128 e. The summed E-state index contributed by atoms with van der Waals surface area (Å²) in [4.78, 5) is 0. The van der Waals surface area contributed by atoms with Crippen LogP contribution in [0.2, 0.25) is 0 Å². The fourth-order valence-corrected chi connectivity index (χ4v) is 2.63. The molecule has 1 aromatic rings. The van der Waals surface area contributed by atoms with Crippen LogP contribution in [0.3, 0.4) is 0 Å². The van der Waals surface area contributed by atoms with Gasteiger partial charge in [0, 0.05) is 5.56 Å². The molecule has 1 aliphatic carbocycles. The Balaban J connectivity index is 1.88. The summed E-state index contributed by atoms with van der Waals surface area (Å²) >= 11 is 0. The summed E-state index contributed by atoms with van der Waals surface area (Å²) in [6.45, 7) is 5.30. The van der Waals surface area contributed by atoms with E-state index >= 15 is 0 Å². The molecule has 2 rings (SSSR count). The molecule has 18 heavy (non-hydrogen) atoms. The molecule has 1 saturated carbocycles. The first kappa shape index (κ1) is 13.2. The summed E-state index contributed by atoms with van der Waals surface area (Å²) in [5.41, 5.74) is 1.30. The zero-order valence-electron chi connectivity index (χ0n) is 11.1. The first-order valence-corrected chi connectivity index (χ1v) is 7.05. The van der Waals surface area contributed by atoms with Crippen LogP contribution in [0.25, 0.3) is 0 Å². The highest BCUT2D eigenvalue weighted by atomic mass is 16.5. The zero-order chi connectivity index (χ0) is 12.6. The number of nitrogens with two attached hydrogens (primary N) is 1. The van der Waals surface area contributed by atoms with Crippen LogP contribution in [-0.2, 0) is 6.54 Å². The van der Waals surface area contributed by atoms with E-state index in [1.165, 1.54) is 37.7 Å².